The van der Waals surface area contributed by atoms with Gasteiger partial charge in [0.15, 0.2) is 5.78 Å². The molecular weight excluding hydrogens is 349 g/mol. The van der Waals surface area contributed by atoms with E-state index in [2.05, 4.69) is 5.32 Å². The molecule has 1 saturated carbocycles. The molecular formula is C19H22BNO4S. The first-order valence-corrected chi connectivity index (χ1v) is 9.77. The fourth-order valence-corrected chi connectivity index (χ4v) is 4.27. The van der Waals surface area contributed by atoms with Crippen molar-refractivity contribution in [2.75, 3.05) is 0 Å². The first-order valence-electron chi connectivity index (χ1n) is 8.83. The van der Waals surface area contributed by atoms with Crippen LogP contribution in [-0.2, 0) is 11.2 Å². The minimum atomic E-state index is -1.65. The lowest BCUT2D eigenvalue weighted by Gasteiger charge is -2.23. The third kappa shape index (κ3) is 4.41. The molecule has 7 heteroatoms. The number of rotatable bonds is 7. The number of carbonyl (C=O) groups excluding carboxylic acids is 2. The molecule has 1 amide bonds. The summed E-state index contributed by atoms with van der Waals surface area (Å²) in [5.74, 6) is -1.85. The van der Waals surface area contributed by atoms with E-state index < -0.39 is 19.0 Å². The summed E-state index contributed by atoms with van der Waals surface area (Å²) < 4.78 is 0. The highest BCUT2D eigenvalue weighted by Crippen LogP contribution is 2.34. The largest absolute Gasteiger partial charge is 0.475 e. The molecule has 3 atom stereocenters. The van der Waals surface area contributed by atoms with Crippen molar-refractivity contribution in [3.05, 3.63) is 58.3 Å². The molecule has 3 rings (SSSR count). The smallest absolute Gasteiger partial charge is 0.426 e. The Morgan fingerprint density at radius 1 is 1.15 bits per heavy atom. The predicted octanol–water partition coefficient (Wildman–Crippen LogP) is 2.09. The van der Waals surface area contributed by atoms with Gasteiger partial charge < -0.3 is 15.4 Å². The molecule has 0 spiro atoms. The van der Waals surface area contributed by atoms with Crippen LogP contribution in [0.25, 0.3) is 0 Å². The molecule has 0 saturated heterocycles. The van der Waals surface area contributed by atoms with Crippen molar-refractivity contribution < 1.29 is 19.6 Å². The molecule has 1 aliphatic rings. The van der Waals surface area contributed by atoms with Crippen LogP contribution in [0.1, 0.15) is 35.2 Å². The summed E-state index contributed by atoms with van der Waals surface area (Å²) in [5.41, 5.74) is 1.56. The van der Waals surface area contributed by atoms with Gasteiger partial charge in [0.1, 0.15) is 0 Å². The van der Waals surface area contributed by atoms with Crippen LogP contribution < -0.4 is 5.32 Å². The van der Waals surface area contributed by atoms with E-state index >= 15 is 0 Å². The highest BCUT2D eigenvalue weighted by molar-refractivity contribution is 7.07. The molecule has 1 fully saturated rings. The molecule has 2 aromatic rings. The number of amides is 1. The van der Waals surface area contributed by atoms with Crippen LogP contribution in [-0.4, -0.2) is 34.8 Å². The van der Waals surface area contributed by atoms with Crippen molar-refractivity contribution in [1.29, 1.82) is 0 Å². The summed E-state index contributed by atoms with van der Waals surface area (Å²) in [6.07, 6.45) is 2.49. The minimum Gasteiger partial charge on any atom is -0.426 e. The van der Waals surface area contributed by atoms with Gasteiger partial charge in [-0.1, -0.05) is 36.8 Å². The Labute approximate surface area is 157 Å². The zero-order valence-corrected chi connectivity index (χ0v) is 15.2. The van der Waals surface area contributed by atoms with Crippen LogP contribution in [0.4, 0.5) is 0 Å². The van der Waals surface area contributed by atoms with Crippen molar-refractivity contribution in [2.45, 2.75) is 31.6 Å². The van der Waals surface area contributed by atoms with E-state index in [0.717, 1.165) is 12.0 Å². The SMILES string of the molecule is O=C(N[C@@H](Cc1ccsc1)B(O)O)[C@H]1CCC[C@@H]1C(=O)c1ccccc1. The van der Waals surface area contributed by atoms with Crippen molar-refractivity contribution in [3.63, 3.8) is 0 Å². The molecule has 5 nitrogen and oxygen atoms in total. The standard InChI is InChI=1S/C19H22BNO4S/c22-18(14-5-2-1-3-6-14)15-7-4-8-16(15)19(23)21-17(20(24)25)11-13-9-10-26-12-13/h1-3,5-6,9-10,12,15-17,24-25H,4,7-8,11H2,(H,21,23)/t15-,16-,17-/m0/s1. The zero-order chi connectivity index (χ0) is 18.5. The second-order valence-electron chi connectivity index (χ2n) is 6.74. The second kappa shape index (κ2) is 8.62. The number of ketones is 1. The number of nitrogens with one attached hydrogen (secondary N) is 1. The highest BCUT2D eigenvalue weighted by Gasteiger charge is 2.39. The van der Waals surface area contributed by atoms with Crippen molar-refractivity contribution in [1.82, 2.24) is 5.32 Å². The fourth-order valence-electron chi connectivity index (χ4n) is 3.59. The summed E-state index contributed by atoms with van der Waals surface area (Å²) in [7, 11) is -1.65. The third-order valence-electron chi connectivity index (χ3n) is 4.97. The maximum Gasteiger partial charge on any atom is 0.475 e. The lowest BCUT2D eigenvalue weighted by Crippen LogP contribution is -2.50. The molecule has 0 unspecified atom stereocenters. The molecule has 1 aromatic heterocycles. The monoisotopic (exact) mass is 371 g/mol. The zero-order valence-electron chi connectivity index (χ0n) is 14.4. The molecule has 0 aliphatic heterocycles. The molecule has 1 heterocycles. The first-order chi connectivity index (χ1) is 12.6. The van der Waals surface area contributed by atoms with E-state index in [1.807, 2.05) is 35.0 Å². The lowest BCUT2D eigenvalue weighted by molar-refractivity contribution is -0.126. The van der Waals surface area contributed by atoms with Gasteiger partial charge in [-0.05, 0) is 41.7 Å². The topological polar surface area (TPSA) is 86.6 Å². The normalized spacial score (nSPS) is 20.5. The Morgan fingerprint density at radius 2 is 1.88 bits per heavy atom. The van der Waals surface area contributed by atoms with E-state index in [0.29, 0.717) is 24.8 Å². The lowest BCUT2D eigenvalue weighted by atomic mass is 9.75. The number of Topliss-reactive ketones (excluding diaryl/α,β-unsaturated/α-hetero) is 1. The average Bonchev–Trinajstić information content (AvgIpc) is 3.32. The van der Waals surface area contributed by atoms with E-state index in [1.54, 1.807) is 12.1 Å². The summed E-state index contributed by atoms with van der Waals surface area (Å²) >= 11 is 1.52. The van der Waals surface area contributed by atoms with Crippen molar-refractivity contribution >= 4 is 30.1 Å². The summed E-state index contributed by atoms with van der Waals surface area (Å²) in [5, 5.41) is 25.8. The van der Waals surface area contributed by atoms with Crippen molar-refractivity contribution in [2.24, 2.45) is 11.8 Å². The molecule has 3 N–H and O–H groups in total. The van der Waals surface area contributed by atoms with Gasteiger partial charge in [0.2, 0.25) is 5.91 Å². The van der Waals surface area contributed by atoms with Gasteiger partial charge in [-0.25, -0.2) is 0 Å². The van der Waals surface area contributed by atoms with E-state index in [1.165, 1.54) is 11.3 Å². The van der Waals surface area contributed by atoms with Crippen LogP contribution >= 0.6 is 11.3 Å². The number of carbonyl (C=O) groups is 2. The Hall–Kier alpha value is -1.96. The van der Waals surface area contributed by atoms with Gasteiger partial charge in [-0.3, -0.25) is 9.59 Å². The third-order valence-corrected chi connectivity index (χ3v) is 5.70. The Balaban J connectivity index is 1.68. The van der Waals surface area contributed by atoms with Gasteiger partial charge in [0.25, 0.3) is 0 Å². The van der Waals surface area contributed by atoms with E-state index in [4.69, 9.17) is 0 Å². The number of thiophene rings is 1. The van der Waals surface area contributed by atoms with Gasteiger partial charge in [-0.15, -0.1) is 0 Å². The van der Waals surface area contributed by atoms with E-state index in [-0.39, 0.29) is 17.6 Å². The molecule has 0 radical (unpaired) electrons. The number of hydrogen-bond donors (Lipinski definition) is 3. The maximum atomic E-state index is 12.8. The molecule has 136 valence electrons. The Kier molecular flexibility index (Phi) is 6.24. The van der Waals surface area contributed by atoms with Crippen LogP contribution in [0.2, 0.25) is 0 Å². The predicted molar refractivity (Wildman–Crippen MR) is 102 cm³/mol. The first kappa shape index (κ1) is 18.8. The number of hydrogen-bond acceptors (Lipinski definition) is 5. The van der Waals surface area contributed by atoms with Gasteiger partial charge in [0, 0.05) is 17.4 Å². The molecule has 0 bridgehead atoms. The average molecular weight is 371 g/mol. The summed E-state index contributed by atoms with van der Waals surface area (Å²) in [6.45, 7) is 0. The summed E-state index contributed by atoms with van der Waals surface area (Å²) in [4.78, 5) is 25.5. The van der Waals surface area contributed by atoms with Crippen LogP contribution in [0.15, 0.2) is 47.2 Å². The molecule has 1 aromatic carbocycles. The molecule has 26 heavy (non-hydrogen) atoms. The van der Waals surface area contributed by atoms with Gasteiger partial charge >= 0.3 is 7.12 Å². The van der Waals surface area contributed by atoms with Crippen LogP contribution in [0.5, 0.6) is 0 Å². The minimum absolute atomic E-state index is 0.0119. The second-order valence-corrected chi connectivity index (χ2v) is 7.52. The maximum absolute atomic E-state index is 12.8. The quantitative estimate of drug-likeness (QED) is 0.514. The Bertz CT molecular complexity index is 735. The van der Waals surface area contributed by atoms with Crippen molar-refractivity contribution in [3.8, 4) is 0 Å². The summed E-state index contributed by atoms with van der Waals surface area (Å²) in [6, 6.07) is 10.9. The fraction of sp³-hybridized carbons (Fsp3) is 0.368. The number of benzene rings is 1. The van der Waals surface area contributed by atoms with E-state index in [9.17, 15) is 19.6 Å². The molecule has 1 aliphatic carbocycles. The van der Waals surface area contributed by atoms with Crippen LogP contribution in [0.3, 0.4) is 0 Å². The van der Waals surface area contributed by atoms with Crippen LogP contribution in [0, 0.1) is 11.8 Å². The Morgan fingerprint density at radius 3 is 2.54 bits per heavy atom. The van der Waals surface area contributed by atoms with Gasteiger partial charge in [0.05, 0.1) is 5.94 Å². The highest BCUT2D eigenvalue weighted by atomic mass is 32.1. The van der Waals surface area contributed by atoms with Gasteiger partial charge in [-0.2, -0.15) is 11.3 Å².